The van der Waals surface area contributed by atoms with Gasteiger partial charge < -0.3 is 0 Å². The molecule has 1 atom stereocenters. The summed E-state index contributed by atoms with van der Waals surface area (Å²) in [7, 11) is 0. The van der Waals surface area contributed by atoms with Crippen molar-refractivity contribution in [3.8, 4) is 0 Å². The predicted molar refractivity (Wildman–Crippen MR) is 48.8 cm³/mol. The first kappa shape index (κ1) is 8.51. The molecule has 1 aliphatic rings. The van der Waals surface area contributed by atoms with Crippen molar-refractivity contribution >= 4 is 23.4 Å². The van der Waals surface area contributed by atoms with Gasteiger partial charge in [-0.05, 0) is 12.1 Å². The molecular weight excluding hydrogens is 196 g/mol. The summed E-state index contributed by atoms with van der Waals surface area (Å²) in [5.74, 6) is -0.678. The molecule has 13 heavy (non-hydrogen) atoms. The van der Waals surface area contributed by atoms with Gasteiger partial charge in [0.1, 0.15) is 5.83 Å². The topological polar surface area (TPSA) is 3.24 Å². The molecule has 0 N–H and O–H groups in total. The first-order valence-corrected chi connectivity index (χ1v) is 4.19. The van der Waals surface area contributed by atoms with E-state index in [0.29, 0.717) is 11.3 Å². The average molecular weight is 202 g/mol. The first-order chi connectivity index (χ1) is 6.20. The number of benzene rings is 1. The number of hydrogen-bond donors (Lipinski definition) is 0. The SMILES string of the molecule is FC1=Cc2ccccc2N(F)C1Cl. The highest BCUT2D eigenvalue weighted by molar-refractivity contribution is 6.24. The molecule has 0 fully saturated rings. The standard InChI is InChI=1S/C9H6ClF2N/c10-9-7(11)5-6-3-1-2-4-8(6)13(9)12/h1-5,9H. The summed E-state index contributed by atoms with van der Waals surface area (Å²) in [4.78, 5) is 0. The smallest absolute Gasteiger partial charge is 0.186 e. The van der Waals surface area contributed by atoms with E-state index >= 15 is 0 Å². The van der Waals surface area contributed by atoms with Crippen LogP contribution in [-0.2, 0) is 0 Å². The van der Waals surface area contributed by atoms with E-state index in [1.165, 1.54) is 6.08 Å². The Kier molecular flexibility index (Phi) is 1.96. The van der Waals surface area contributed by atoms with Gasteiger partial charge in [0.15, 0.2) is 5.50 Å². The Morgan fingerprint density at radius 1 is 1.31 bits per heavy atom. The number of para-hydroxylation sites is 1. The van der Waals surface area contributed by atoms with Crippen molar-refractivity contribution in [2.24, 2.45) is 0 Å². The lowest BCUT2D eigenvalue weighted by Gasteiger charge is -2.24. The third-order valence-electron chi connectivity index (χ3n) is 1.89. The van der Waals surface area contributed by atoms with Crippen molar-refractivity contribution in [1.82, 2.24) is 0 Å². The van der Waals surface area contributed by atoms with Crippen molar-refractivity contribution in [2.75, 3.05) is 5.12 Å². The number of nitrogens with zero attached hydrogens (tertiary/aromatic N) is 1. The summed E-state index contributed by atoms with van der Waals surface area (Å²) in [6.07, 6.45) is 1.24. The number of anilines is 1. The Morgan fingerprint density at radius 3 is 2.77 bits per heavy atom. The van der Waals surface area contributed by atoms with Crippen molar-refractivity contribution in [2.45, 2.75) is 5.50 Å². The molecule has 0 amide bonds. The van der Waals surface area contributed by atoms with Crippen molar-refractivity contribution in [1.29, 1.82) is 0 Å². The number of halogens is 3. The highest BCUT2D eigenvalue weighted by Crippen LogP contribution is 2.34. The van der Waals surface area contributed by atoms with Crippen LogP contribution in [-0.4, -0.2) is 5.50 Å². The van der Waals surface area contributed by atoms with E-state index in [2.05, 4.69) is 0 Å². The lowest BCUT2D eigenvalue weighted by Crippen LogP contribution is -2.26. The Labute approximate surface area is 79.2 Å². The zero-order valence-electron chi connectivity index (χ0n) is 6.55. The second-order valence-corrected chi connectivity index (χ2v) is 3.15. The molecule has 68 valence electrons. The summed E-state index contributed by atoms with van der Waals surface area (Å²) in [5.41, 5.74) is -0.543. The second-order valence-electron chi connectivity index (χ2n) is 2.74. The van der Waals surface area contributed by atoms with Gasteiger partial charge in [-0.2, -0.15) is 5.12 Å². The van der Waals surface area contributed by atoms with Crippen LogP contribution in [0.3, 0.4) is 0 Å². The number of rotatable bonds is 0. The van der Waals surface area contributed by atoms with Gasteiger partial charge in [0.2, 0.25) is 0 Å². The molecule has 0 aromatic heterocycles. The van der Waals surface area contributed by atoms with Gasteiger partial charge in [0.25, 0.3) is 0 Å². The summed E-state index contributed by atoms with van der Waals surface area (Å²) >= 11 is 5.45. The van der Waals surface area contributed by atoms with Crippen LogP contribution < -0.4 is 5.12 Å². The van der Waals surface area contributed by atoms with Crippen LogP contribution in [0.5, 0.6) is 0 Å². The van der Waals surface area contributed by atoms with Crippen LogP contribution in [0.2, 0.25) is 0 Å². The van der Waals surface area contributed by atoms with Crippen molar-refractivity contribution < 1.29 is 8.87 Å². The molecule has 2 rings (SSSR count). The Hall–Kier alpha value is -1.09. The van der Waals surface area contributed by atoms with Gasteiger partial charge >= 0.3 is 0 Å². The molecule has 1 aliphatic heterocycles. The minimum absolute atomic E-state index is 0.215. The maximum absolute atomic E-state index is 13.2. The van der Waals surface area contributed by atoms with E-state index in [9.17, 15) is 8.87 Å². The number of hydrogen-bond acceptors (Lipinski definition) is 1. The summed E-state index contributed by atoms with van der Waals surface area (Å²) in [6.45, 7) is 0. The fraction of sp³-hybridized carbons (Fsp3) is 0.111. The first-order valence-electron chi connectivity index (χ1n) is 3.75. The van der Waals surface area contributed by atoms with E-state index in [4.69, 9.17) is 11.6 Å². The molecule has 0 bridgehead atoms. The fourth-order valence-electron chi connectivity index (χ4n) is 1.25. The summed E-state index contributed by atoms with van der Waals surface area (Å²) in [6, 6.07) is 6.56. The largest absolute Gasteiger partial charge is 0.208 e. The highest BCUT2D eigenvalue weighted by atomic mass is 35.5. The van der Waals surface area contributed by atoms with Gasteiger partial charge in [-0.3, -0.25) is 0 Å². The van der Waals surface area contributed by atoms with Crippen LogP contribution in [0.15, 0.2) is 30.1 Å². The lowest BCUT2D eigenvalue weighted by molar-refractivity contribution is 0.404. The summed E-state index contributed by atoms with van der Waals surface area (Å²) < 4.78 is 26.2. The van der Waals surface area contributed by atoms with Crippen LogP contribution in [0.25, 0.3) is 6.08 Å². The number of alkyl halides is 1. The quantitative estimate of drug-likeness (QED) is 0.354. The van der Waals surface area contributed by atoms with E-state index < -0.39 is 11.3 Å². The maximum atomic E-state index is 13.2. The molecule has 0 saturated carbocycles. The van der Waals surface area contributed by atoms with Gasteiger partial charge in [0.05, 0.1) is 5.69 Å². The van der Waals surface area contributed by atoms with Crippen LogP contribution in [0.1, 0.15) is 5.56 Å². The third kappa shape index (κ3) is 1.29. The minimum atomic E-state index is -1.34. The highest BCUT2D eigenvalue weighted by Gasteiger charge is 2.26. The Bertz CT molecular complexity index is 364. The molecule has 4 heteroatoms. The van der Waals surface area contributed by atoms with Crippen LogP contribution >= 0.6 is 11.6 Å². The number of fused-ring (bicyclic) bond motifs is 1. The third-order valence-corrected chi connectivity index (χ3v) is 2.27. The minimum Gasteiger partial charge on any atom is -0.208 e. The summed E-state index contributed by atoms with van der Waals surface area (Å²) in [5, 5.41) is 0.215. The zero-order valence-corrected chi connectivity index (χ0v) is 7.30. The monoisotopic (exact) mass is 201 g/mol. The fourth-order valence-corrected chi connectivity index (χ4v) is 1.42. The van der Waals surface area contributed by atoms with Crippen molar-refractivity contribution in [3.05, 3.63) is 35.7 Å². The lowest BCUT2D eigenvalue weighted by atomic mass is 10.1. The molecular formula is C9H6ClF2N. The van der Waals surface area contributed by atoms with E-state index in [-0.39, 0.29) is 5.12 Å². The normalized spacial score (nSPS) is 21.0. The van der Waals surface area contributed by atoms with Crippen molar-refractivity contribution in [3.63, 3.8) is 0 Å². The van der Waals surface area contributed by atoms with Gasteiger partial charge in [0, 0.05) is 5.56 Å². The van der Waals surface area contributed by atoms with Gasteiger partial charge in [-0.15, -0.1) is 0 Å². The van der Waals surface area contributed by atoms with Crippen LogP contribution in [0, 0.1) is 0 Å². The molecule has 1 unspecified atom stereocenters. The molecule has 0 spiro atoms. The van der Waals surface area contributed by atoms with Crippen LogP contribution in [0.4, 0.5) is 14.6 Å². The zero-order chi connectivity index (χ0) is 9.42. The molecule has 1 aromatic carbocycles. The second kappa shape index (κ2) is 3.00. The molecule has 0 saturated heterocycles. The molecule has 1 nitrogen and oxygen atoms in total. The maximum Gasteiger partial charge on any atom is 0.186 e. The molecule has 0 aliphatic carbocycles. The van der Waals surface area contributed by atoms with E-state index in [1.807, 2.05) is 0 Å². The van der Waals surface area contributed by atoms with Gasteiger partial charge in [-0.25, -0.2) is 4.39 Å². The van der Waals surface area contributed by atoms with E-state index in [1.54, 1.807) is 24.3 Å². The predicted octanol–water partition coefficient (Wildman–Crippen LogP) is 3.27. The average Bonchev–Trinajstić information content (AvgIpc) is 2.15. The molecule has 0 radical (unpaired) electrons. The van der Waals surface area contributed by atoms with Gasteiger partial charge in [-0.1, -0.05) is 34.3 Å². The molecule has 1 heterocycles. The van der Waals surface area contributed by atoms with E-state index in [0.717, 1.165) is 0 Å². The Balaban J connectivity index is 2.56. The Morgan fingerprint density at radius 2 is 2.00 bits per heavy atom. The molecule has 1 aromatic rings.